The summed E-state index contributed by atoms with van der Waals surface area (Å²) in [7, 11) is 3.13. The molecule has 3 rings (SSSR count). The van der Waals surface area contributed by atoms with Gasteiger partial charge in [0.15, 0.2) is 0 Å². The third-order valence-electron chi connectivity index (χ3n) is 4.22. The van der Waals surface area contributed by atoms with E-state index >= 15 is 0 Å². The Labute approximate surface area is 146 Å². The Kier molecular flexibility index (Phi) is 4.95. The summed E-state index contributed by atoms with van der Waals surface area (Å²) >= 11 is 5.96. The van der Waals surface area contributed by atoms with E-state index in [2.05, 4.69) is 5.32 Å². The second-order valence-corrected chi connectivity index (χ2v) is 6.38. The Morgan fingerprint density at radius 2 is 1.67 bits per heavy atom. The highest BCUT2D eigenvalue weighted by Crippen LogP contribution is 2.41. The van der Waals surface area contributed by atoms with Gasteiger partial charge in [0.2, 0.25) is 0 Å². The summed E-state index contributed by atoms with van der Waals surface area (Å²) < 4.78 is 10.5. The van der Waals surface area contributed by atoms with Gasteiger partial charge in [-0.25, -0.2) is 0 Å². The summed E-state index contributed by atoms with van der Waals surface area (Å²) in [5.41, 5.74) is 1.59. The highest BCUT2D eigenvalue weighted by Gasteiger charge is 2.33. The average molecular weight is 346 g/mol. The molecule has 2 aromatic carbocycles. The lowest BCUT2D eigenvalue weighted by Crippen LogP contribution is -2.29. The molecule has 0 unspecified atom stereocenters. The molecule has 1 saturated carbocycles. The van der Waals surface area contributed by atoms with Crippen molar-refractivity contribution in [1.29, 1.82) is 0 Å². The number of carbonyl (C=O) groups is 1. The number of rotatable bonds is 6. The van der Waals surface area contributed by atoms with Crippen molar-refractivity contribution in [2.75, 3.05) is 14.2 Å². The summed E-state index contributed by atoms with van der Waals surface area (Å²) in [5, 5.41) is 3.83. The van der Waals surface area contributed by atoms with Gasteiger partial charge in [-0.1, -0.05) is 23.7 Å². The molecule has 1 fully saturated rings. The van der Waals surface area contributed by atoms with E-state index < -0.39 is 0 Å². The molecule has 24 heavy (non-hydrogen) atoms. The van der Waals surface area contributed by atoms with Crippen molar-refractivity contribution in [1.82, 2.24) is 5.32 Å². The molecule has 0 aliphatic heterocycles. The van der Waals surface area contributed by atoms with Crippen LogP contribution in [0.15, 0.2) is 42.5 Å². The van der Waals surface area contributed by atoms with E-state index in [9.17, 15) is 4.79 Å². The first kappa shape index (κ1) is 16.7. The van der Waals surface area contributed by atoms with Crippen LogP contribution in [0.4, 0.5) is 0 Å². The average Bonchev–Trinajstić information content (AvgIpc) is 3.44. The topological polar surface area (TPSA) is 47.6 Å². The van der Waals surface area contributed by atoms with E-state index in [1.165, 1.54) is 0 Å². The van der Waals surface area contributed by atoms with Crippen LogP contribution in [-0.4, -0.2) is 20.1 Å². The number of halogens is 1. The Bertz CT molecular complexity index is 704. The molecule has 4 nitrogen and oxygen atoms in total. The van der Waals surface area contributed by atoms with Crippen LogP contribution in [0.2, 0.25) is 5.02 Å². The van der Waals surface area contributed by atoms with Crippen LogP contribution in [0.5, 0.6) is 11.5 Å². The van der Waals surface area contributed by atoms with Crippen LogP contribution in [0, 0.1) is 5.92 Å². The molecule has 0 bridgehead atoms. The Morgan fingerprint density at radius 3 is 2.17 bits per heavy atom. The largest absolute Gasteiger partial charge is 0.497 e. The van der Waals surface area contributed by atoms with Gasteiger partial charge in [0, 0.05) is 16.7 Å². The lowest BCUT2D eigenvalue weighted by molar-refractivity contribution is 0.0931. The van der Waals surface area contributed by atoms with Crippen molar-refractivity contribution in [2.24, 2.45) is 5.92 Å². The monoisotopic (exact) mass is 345 g/mol. The van der Waals surface area contributed by atoms with Gasteiger partial charge in [-0.2, -0.15) is 0 Å². The summed E-state index contributed by atoms with van der Waals surface area (Å²) in [4.78, 5) is 12.7. The molecule has 0 saturated heterocycles. The van der Waals surface area contributed by atoms with Crippen LogP contribution in [0.1, 0.15) is 34.8 Å². The molecule has 1 aliphatic rings. The maximum atomic E-state index is 12.7. The van der Waals surface area contributed by atoms with E-state index in [0.717, 1.165) is 18.4 Å². The smallest absolute Gasteiger partial charge is 0.252 e. The van der Waals surface area contributed by atoms with Crippen molar-refractivity contribution in [2.45, 2.75) is 18.9 Å². The van der Waals surface area contributed by atoms with Crippen LogP contribution in [0.25, 0.3) is 0 Å². The number of ether oxygens (including phenoxy) is 2. The minimum atomic E-state index is -0.140. The zero-order valence-electron chi connectivity index (χ0n) is 13.7. The standard InChI is InChI=1S/C19H20ClNO3/c1-23-16-9-14(10-17(11-16)24-2)19(22)21-18(12-3-4-12)13-5-7-15(20)8-6-13/h5-12,18H,3-4H2,1-2H3,(H,21,22)/t18-/m0/s1. The van der Waals surface area contributed by atoms with E-state index in [0.29, 0.717) is 28.0 Å². The molecule has 0 spiro atoms. The maximum absolute atomic E-state index is 12.7. The van der Waals surface area contributed by atoms with Gasteiger partial charge in [0.25, 0.3) is 5.91 Å². The van der Waals surface area contributed by atoms with E-state index in [-0.39, 0.29) is 11.9 Å². The third-order valence-corrected chi connectivity index (χ3v) is 4.47. The van der Waals surface area contributed by atoms with E-state index in [4.69, 9.17) is 21.1 Å². The Balaban J connectivity index is 1.82. The molecule has 126 valence electrons. The minimum Gasteiger partial charge on any atom is -0.497 e. The van der Waals surface area contributed by atoms with Gasteiger partial charge >= 0.3 is 0 Å². The number of nitrogens with one attached hydrogen (secondary N) is 1. The fraction of sp³-hybridized carbons (Fsp3) is 0.316. The molecule has 0 aromatic heterocycles. The second kappa shape index (κ2) is 7.14. The van der Waals surface area contributed by atoms with Crippen LogP contribution < -0.4 is 14.8 Å². The highest BCUT2D eigenvalue weighted by molar-refractivity contribution is 6.30. The summed E-state index contributed by atoms with van der Waals surface area (Å²) in [6.07, 6.45) is 2.24. The van der Waals surface area contributed by atoms with Gasteiger partial charge < -0.3 is 14.8 Å². The number of hydrogen-bond acceptors (Lipinski definition) is 3. The van der Waals surface area contributed by atoms with Crippen LogP contribution in [-0.2, 0) is 0 Å². The molecule has 1 amide bonds. The predicted molar refractivity (Wildman–Crippen MR) is 93.9 cm³/mol. The van der Waals surface area contributed by atoms with Crippen LogP contribution in [0.3, 0.4) is 0 Å². The van der Waals surface area contributed by atoms with Gasteiger partial charge in [-0.3, -0.25) is 4.79 Å². The predicted octanol–water partition coefficient (Wildman–Crippen LogP) is 4.24. The molecule has 1 aliphatic carbocycles. The number of hydrogen-bond donors (Lipinski definition) is 1. The molecular formula is C19H20ClNO3. The summed E-state index contributed by atoms with van der Waals surface area (Å²) in [5.74, 6) is 1.52. The van der Waals surface area contributed by atoms with Gasteiger partial charge in [0.1, 0.15) is 11.5 Å². The van der Waals surface area contributed by atoms with Crippen molar-refractivity contribution in [3.8, 4) is 11.5 Å². The highest BCUT2D eigenvalue weighted by atomic mass is 35.5. The fourth-order valence-corrected chi connectivity index (χ4v) is 2.86. The van der Waals surface area contributed by atoms with Gasteiger partial charge in [-0.15, -0.1) is 0 Å². The molecule has 5 heteroatoms. The fourth-order valence-electron chi connectivity index (χ4n) is 2.74. The van der Waals surface area contributed by atoms with Gasteiger partial charge in [0.05, 0.1) is 20.3 Å². The van der Waals surface area contributed by atoms with Crippen molar-refractivity contribution in [3.63, 3.8) is 0 Å². The van der Waals surface area contributed by atoms with Gasteiger partial charge in [-0.05, 0) is 48.6 Å². The third kappa shape index (κ3) is 3.82. The zero-order chi connectivity index (χ0) is 17.1. The first-order valence-electron chi connectivity index (χ1n) is 7.90. The lowest BCUT2D eigenvalue weighted by Gasteiger charge is -2.19. The Hall–Kier alpha value is -2.20. The normalized spacial score (nSPS) is 14.8. The number of amides is 1. The molecule has 1 N–H and O–H groups in total. The first-order chi connectivity index (χ1) is 11.6. The SMILES string of the molecule is COc1cc(OC)cc(C(=O)N[C@H](c2ccc(Cl)cc2)C2CC2)c1. The summed E-state index contributed by atoms with van der Waals surface area (Å²) in [6.45, 7) is 0. The number of benzene rings is 2. The second-order valence-electron chi connectivity index (χ2n) is 5.94. The molecule has 1 atom stereocenters. The lowest BCUT2D eigenvalue weighted by atomic mass is 10.0. The van der Waals surface area contributed by atoms with Crippen molar-refractivity contribution in [3.05, 3.63) is 58.6 Å². The number of carbonyl (C=O) groups excluding carboxylic acids is 1. The maximum Gasteiger partial charge on any atom is 0.252 e. The Morgan fingerprint density at radius 1 is 1.08 bits per heavy atom. The number of methoxy groups -OCH3 is 2. The van der Waals surface area contributed by atoms with E-state index in [1.807, 2.05) is 24.3 Å². The zero-order valence-corrected chi connectivity index (χ0v) is 14.5. The molecule has 2 aromatic rings. The van der Waals surface area contributed by atoms with Crippen molar-refractivity contribution < 1.29 is 14.3 Å². The summed E-state index contributed by atoms with van der Waals surface area (Å²) in [6, 6.07) is 12.8. The first-order valence-corrected chi connectivity index (χ1v) is 8.28. The van der Waals surface area contributed by atoms with Crippen LogP contribution >= 0.6 is 11.6 Å². The van der Waals surface area contributed by atoms with E-state index in [1.54, 1.807) is 32.4 Å². The molecule has 0 radical (unpaired) electrons. The quantitative estimate of drug-likeness (QED) is 0.851. The minimum absolute atomic E-state index is 0.00744. The molecule has 0 heterocycles. The van der Waals surface area contributed by atoms with Crippen molar-refractivity contribution >= 4 is 17.5 Å². The molecular weight excluding hydrogens is 326 g/mol.